The molecule has 4 heteroatoms. The fourth-order valence-electron chi connectivity index (χ4n) is 4.59. The van der Waals surface area contributed by atoms with Gasteiger partial charge < -0.3 is 18.9 Å². The number of methoxy groups -OCH3 is 1. The molecule has 0 aliphatic carbocycles. The van der Waals surface area contributed by atoms with Crippen molar-refractivity contribution in [3.05, 3.63) is 108 Å². The molecule has 0 spiro atoms. The smallest absolute Gasteiger partial charge is 0.143 e. The molecule has 1 fully saturated rings. The largest absolute Gasteiger partial charge is 0.376 e. The van der Waals surface area contributed by atoms with E-state index in [0.717, 1.165) is 36.1 Å². The average Bonchev–Trinajstić information content (AvgIpc) is 3.28. The molecule has 3 atom stereocenters. The Balaban J connectivity index is 1.66. The topological polar surface area (TPSA) is 36.9 Å². The summed E-state index contributed by atoms with van der Waals surface area (Å²) >= 11 is 0. The van der Waals surface area contributed by atoms with Gasteiger partial charge >= 0.3 is 0 Å². The summed E-state index contributed by atoms with van der Waals surface area (Å²) < 4.78 is 24.9. The van der Waals surface area contributed by atoms with Gasteiger partial charge in [0.25, 0.3) is 0 Å². The molecule has 0 saturated carbocycles. The summed E-state index contributed by atoms with van der Waals surface area (Å²) in [6.07, 6.45) is 1.69. The lowest BCUT2D eigenvalue weighted by Crippen LogP contribution is -2.41. The third-order valence-electron chi connectivity index (χ3n) is 6.31. The Kier molecular flexibility index (Phi) is 8.30. The van der Waals surface area contributed by atoms with Gasteiger partial charge in [-0.15, -0.1) is 0 Å². The van der Waals surface area contributed by atoms with Crippen LogP contribution < -0.4 is 0 Å². The van der Waals surface area contributed by atoms with Gasteiger partial charge in [-0.2, -0.15) is 0 Å². The molecule has 1 saturated heterocycles. The van der Waals surface area contributed by atoms with Crippen molar-refractivity contribution in [1.29, 1.82) is 0 Å². The minimum atomic E-state index is -0.771. The van der Waals surface area contributed by atoms with Crippen LogP contribution >= 0.6 is 0 Å². The Morgan fingerprint density at radius 1 is 0.818 bits per heavy atom. The molecule has 0 unspecified atom stereocenters. The molecule has 0 aromatic heterocycles. The van der Waals surface area contributed by atoms with Crippen LogP contribution in [0.5, 0.6) is 0 Å². The van der Waals surface area contributed by atoms with Crippen LogP contribution in [0.1, 0.15) is 36.5 Å². The zero-order valence-corrected chi connectivity index (χ0v) is 19.6. The van der Waals surface area contributed by atoms with Crippen molar-refractivity contribution in [2.45, 2.75) is 43.7 Å². The van der Waals surface area contributed by atoms with Crippen molar-refractivity contribution in [2.75, 3.05) is 26.9 Å². The van der Waals surface area contributed by atoms with Crippen LogP contribution in [0.25, 0.3) is 0 Å². The minimum Gasteiger partial charge on any atom is -0.376 e. The predicted octanol–water partition coefficient (Wildman–Crippen LogP) is 5.59. The summed E-state index contributed by atoms with van der Waals surface area (Å²) in [4.78, 5) is 0. The third-order valence-corrected chi connectivity index (χ3v) is 6.31. The summed E-state index contributed by atoms with van der Waals surface area (Å²) in [6, 6.07) is 31.2. The standard InChI is InChI=1S/C29H34O4/c1-3-4-20-31-26-21-32-27(28(26)30-2)22-33-29(23-14-8-5-9-15-23,24-16-10-6-11-17-24)25-18-12-7-13-19-25/h5-19,26-28H,3-4,20-22H2,1-2H3/t26-,27-,28+/m1/s1. The van der Waals surface area contributed by atoms with Gasteiger partial charge in [0, 0.05) is 13.7 Å². The first-order valence-corrected chi connectivity index (χ1v) is 11.9. The normalized spacial score (nSPS) is 20.7. The summed E-state index contributed by atoms with van der Waals surface area (Å²) in [5, 5.41) is 0. The van der Waals surface area contributed by atoms with Gasteiger partial charge in [0.05, 0.1) is 13.2 Å². The fourth-order valence-corrected chi connectivity index (χ4v) is 4.59. The average molecular weight is 447 g/mol. The molecule has 1 heterocycles. The molecule has 0 bridgehead atoms. The number of rotatable bonds is 11. The second-order valence-electron chi connectivity index (χ2n) is 8.43. The first-order chi connectivity index (χ1) is 16.3. The molecule has 4 rings (SSSR count). The molecular formula is C29H34O4. The van der Waals surface area contributed by atoms with E-state index < -0.39 is 5.60 Å². The lowest BCUT2D eigenvalue weighted by molar-refractivity contribution is -0.0868. The van der Waals surface area contributed by atoms with Crippen LogP contribution in [0.2, 0.25) is 0 Å². The monoisotopic (exact) mass is 446 g/mol. The second kappa shape index (κ2) is 11.6. The summed E-state index contributed by atoms with van der Waals surface area (Å²) in [6.45, 7) is 3.78. The van der Waals surface area contributed by atoms with Gasteiger partial charge in [-0.05, 0) is 23.1 Å². The number of hydrogen-bond donors (Lipinski definition) is 0. The maximum Gasteiger partial charge on any atom is 0.143 e. The predicted molar refractivity (Wildman–Crippen MR) is 130 cm³/mol. The zero-order chi connectivity index (χ0) is 22.9. The van der Waals surface area contributed by atoms with Gasteiger partial charge in [-0.3, -0.25) is 0 Å². The Morgan fingerprint density at radius 3 is 1.79 bits per heavy atom. The number of ether oxygens (including phenoxy) is 4. The number of benzene rings is 3. The second-order valence-corrected chi connectivity index (χ2v) is 8.43. The van der Waals surface area contributed by atoms with Crippen LogP contribution in [0.3, 0.4) is 0 Å². The quantitative estimate of drug-likeness (QED) is 0.284. The van der Waals surface area contributed by atoms with Crippen LogP contribution in [-0.2, 0) is 24.5 Å². The van der Waals surface area contributed by atoms with E-state index in [2.05, 4.69) is 79.7 Å². The first kappa shape index (κ1) is 23.7. The van der Waals surface area contributed by atoms with E-state index in [1.807, 2.05) is 18.2 Å². The van der Waals surface area contributed by atoms with E-state index in [-0.39, 0.29) is 18.3 Å². The van der Waals surface area contributed by atoms with E-state index >= 15 is 0 Å². The number of hydrogen-bond acceptors (Lipinski definition) is 4. The minimum absolute atomic E-state index is 0.0743. The lowest BCUT2D eigenvalue weighted by atomic mass is 9.80. The first-order valence-electron chi connectivity index (χ1n) is 11.9. The van der Waals surface area contributed by atoms with Gasteiger partial charge in [-0.25, -0.2) is 0 Å². The van der Waals surface area contributed by atoms with Crippen LogP contribution in [0.4, 0.5) is 0 Å². The lowest BCUT2D eigenvalue weighted by Gasteiger charge is -2.37. The van der Waals surface area contributed by atoms with E-state index in [1.54, 1.807) is 7.11 Å². The SMILES string of the molecule is CCCCO[C@@H]1CO[C@H](COC(c2ccccc2)(c2ccccc2)c2ccccc2)[C@H]1OC. The maximum atomic E-state index is 6.92. The Labute approximate surface area is 197 Å². The number of unbranched alkanes of at least 4 members (excludes halogenated alkanes) is 1. The molecule has 1 aliphatic heterocycles. The zero-order valence-electron chi connectivity index (χ0n) is 19.6. The highest BCUT2D eigenvalue weighted by molar-refractivity contribution is 5.47. The van der Waals surface area contributed by atoms with E-state index in [1.165, 1.54) is 0 Å². The molecule has 174 valence electrons. The third kappa shape index (κ3) is 5.20. The molecular weight excluding hydrogens is 412 g/mol. The molecule has 1 aliphatic rings. The van der Waals surface area contributed by atoms with Gasteiger partial charge in [-0.1, -0.05) is 104 Å². The summed E-state index contributed by atoms with van der Waals surface area (Å²) in [7, 11) is 1.72. The Morgan fingerprint density at radius 2 is 1.33 bits per heavy atom. The molecule has 0 N–H and O–H groups in total. The maximum absolute atomic E-state index is 6.92. The van der Waals surface area contributed by atoms with Crippen LogP contribution in [0.15, 0.2) is 91.0 Å². The van der Waals surface area contributed by atoms with Crippen LogP contribution in [-0.4, -0.2) is 45.2 Å². The van der Waals surface area contributed by atoms with E-state index in [0.29, 0.717) is 13.2 Å². The highest BCUT2D eigenvalue weighted by Crippen LogP contribution is 2.41. The van der Waals surface area contributed by atoms with Crippen molar-refractivity contribution in [3.8, 4) is 0 Å². The Bertz CT molecular complexity index is 848. The van der Waals surface area contributed by atoms with Crippen molar-refractivity contribution < 1.29 is 18.9 Å². The molecule has 0 amide bonds. The van der Waals surface area contributed by atoms with Crippen LogP contribution in [0, 0.1) is 0 Å². The summed E-state index contributed by atoms with van der Waals surface area (Å²) in [5.41, 5.74) is 2.45. The van der Waals surface area contributed by atoms with Crippen molar-refractivity contribution in [2.24, 2.45) is 0 Å². The van der Waals surface area contributed by atoms with Crippen molar-refractivity contribution in [1.82, 2.24) is 0 Å². The molecule has 3 aromatic rings. The highest BCUT2D eigenvalue weighted by atomic mass is 16.6. The highest BCUT2D eigenvalue weighted by Gasteiger charge is 2.43. The molecule has 0 radical (unpaired) electrons. The Hall–Kier alpha value is -2.50. The van der Waals surface area contributed by atoms with Gasteiger partial charge in [0.15, 0.2) is 0 Å². The van der Waals surface area contributed by atoms with E-state index in [9.17, 15) is 0 Å². The molecule has 3 aromatic carbocycles. The summed E-state index contributed by atoms with van der Waals surface area (Å²) in [5.74, 6) is 0. The van der Waals surface area contributed by atoms with Gasteiger partial charge in [0.1, 0.15) is 23.9 Å². The van der Waals surface area contributed by atoms with Crippen molar-refractivity contribution in [3.63, 3.8) is 0 Å². The molecule has 33 heavy (non-hydrogen) atoms. The van der Waals surface area contributed by atoms with E-state index in [4.69, 9.17) is 18.9 Å². The van der Waals surface area contributed by atoms with Crippen molar-refractivity contribution >= 4 is 0 Å². The fraction of sp³-hybridized carbons (Fsp3) is 0.379. The van der Waals surface area contributed by atoms with Gasteiger partial charge in [0.2, 0.25) is 0 Å². The molecule has 4 nitrogen and oxygen atoms in total.